The number of aromatic nitrogens is 1. The summed E-state index contributed by atoms with van der Waals surface area (Å²) in [5.41, 5.74) is 0.485. The Balaban J connectivity index is 2.41. The first kappa shape index (κ1) is 13.5. The topological polar surface area (TPSA) is 42.2 Å². The van der Waals surface area contributed by atoms with Crippen LogP contribution in [0.1, 0.15) is 17.7 Å². The molecule has 1 heterocycles. The molecule has 3 nitrogen and oxygen atoms in total. The standard InChI is InChI=1S/C13H12F3NO2/c1-17-10-4-2-8(3-5-12(18)19)6-9(10)7-11(17)13(14,15)16/h2,4,6-7H,3,5H2,1H3,(H,18,19). The lowest BCUT2D eigenvalue weighted by molar-refractivity contribution is -0.142. The number of benzene rings is 1. The van der Waals surface area contributed by atoms with Gasteiger partial charge in [-0.3, -0.25) is 4.79 Å². The summed E-state index contributed by atoms with van der Waals surface area (Å²) in [7, 11) is 1.36. The van der Waals surface area contributed by atoms with Crippen LogP contribution in [0.3, 0.4) is 0 Å². The first-order chi connectivity index (χ1) is 8.79. The van der Waals surface area contributed by atoms with E-state index in [0.717, 1.165) is 10.6 Å². The Morgan fingerprint density at radius 1 is 1.32 bits per heavy atom. The monoisotopic (exact) mass is 271 g/mol. The molecular weight excluding hydrogens is 259 g/mol. The second-order valence-electron chi connectivity index (χ2n) is 4.37. The van der Waals surface area contributed by atoms with Crippen LogP contribution in [0.15, 0.2) is 24.3 Å². The summed E-state index contributed by atoms with van der Waals surface area (Å²) in [6.45, 7) is 0. The minimum Gasteiger partial charge on any atom is -0.481 e. The van der Waals surface area contributed by atoms with Gasteiger partial charge in [-0.05, 0) is 30.2 Å². The van der Waals surface area contributed by atoms with Crippen molar-refractivity contribution in [2.45, 2.75) is 19.0 Å². The molecule has 0 radical (unpaired) electrons. The molecule has 0 fully saturated rings. The van der Waals surface area contributed by atoms with Crippen molar-refractivity contribution in [3.05, 3.63) is 35.5 Å². The van der Waals surface area contributed by atoms with Crippen molar-refractivity contribution in [2.24, 2.45) is 7.05 Å². The molecule has 0 atom stereocenters. The van der Waals surface area contributed by atoms with E-state index in [2.05, 4.69) is 0 Å². The van der Waals surface area contributed by atoms with Crippen molar-refractivity contribution in [3.8, 4) is 0 Å². The van der Waals surface area contributed by atoms with Crippen LogP contribution in [0.4, 0.5) is 13.2 Å². The maximum absolute atomic E-state index is 12.7. The number of hydrogen-bond acceptors (Lipinski definition) is 1. The first-order valence-electron chi connectivity index (χ1n) is 5.66. The molecular formula is C13H12F3NO2. The van der Waals surface area contributed by atoms with Gasteiger partial charge in [-0.15, -0.1) is 0 Å². The first-order valence-corrected chi connectivity index (χ1v) is 5.66. The fourth-order valence-electron chi connectivity index (χ4n) is 2.08. The highest BCUT2D eigenvalue weighted by atomic mass is 19.4. The van der Waals surface area contributed by atoms with Gasteiger partial charge < -0.3 is 9.67 Å². The minimum absolute atomic E-state index is 0.0372. The third kappa shape index (κ3) is 2.72. The molecule has 1 aromatic heterocycles. The van der Waals surface area contributed by atoms with Crippen LogP contribution in [0, 0.1) is 0 Å². The maximum atomic E-state index is 12.7. The zero-order chi connectivity index (χ0) is 14.2. The molecule has 0 spiro atoms. The second-order valence-corrected chi connectivity index (χ2v) is 4.37. The minimum atomic E-state index is -4.39. The summed E-state index contributed by atoms with van der Waals surface area (Å²) >= 11 is 0. The van der Waals surface area contributed by atoms with E-state index >= 15 is 0 Å². The quantitative estimate of drug-likeness (QED) is 0.931. The Bertz CT molecular complexity index is 629. The molecule has 0 aliphatic heterocycles. The molecule has 2 aromatic rings. The number of halogens is 3. The largest absolute Gasteiger partial charge is 0.481 e. The van der Waals surface area contributed by atoms with E-state index in [1.807, 2.05) is 0 Å². The van der Waals surface area contributed by atoms with Crippen molar-refractivity contribution in [1.82, 2.24) is 4.57 Å². The van der Waals surface area contributed by atoms with Crippen LogP contribution in [0.5, 0.6) is 0 Å². The van der Waals surface area contributed by atoms with Crippen LogP contribution in [-0.4, -0.2) is 15.6 Å². The van der Waals surface area contributed by atoms with E-state index in [9.17, 15) is 18.0 Å². The lowest BCUT2D eigenvalue weighted by Gasteiger charge is -2.07. The van der Waals surface area contributed by atoms with Gasteiger partial charge in [0.15, 0.2) is 0 Å². The van der Waals surface area contributed by atoms with Crippen molar-refractivity contribution in [2.75, 3.05) is 0 Å². The Morgan fingerprint density at radius 3 is 2.58 bits per heavy atom. The molecule has 0 amide bonds. The fourth-order valence-corrected chi connectivity index (χ4v) is 2.08. The normalized spacial score (nSPS) is 12.0. The van der Waals surface area contributed by atoms with Crippen LogP contribution >= 0.6 is 0 Å². The van der Waals surface area contributed by atoms with Gasteiger partial charge in [-0.25, -0.2) is 0 Å². The van der Waals surface area contributed by atoms with Crippen LogP contribution in [0.2, 0.25) is 0 Å². The second kappa shape index (κ2) is 4.60. The Kier molecular flexibility index (Phi) is 3.26. The van der Waals surface area contributed by atoms with Gasteiger partial charge >= 0.3 is 12.1 Å². The number of fused-ring (bicyclic) bond motifs is 1. The summed E-state index contributed by atoms with van der Waals surface area (Å²) in [5.74, 6) is -0.927. The summed E-state index contributed by atoms with van der Waals surface area (Å²) in [5, 5.41) is 9.06. The van der Waals surface area contributed by atoms with Crippen LogP contribution in [-0.2, 0) is 24.4 Å². The fraction of sp³-hybridized carbons (Fsp3) is 0.308. The highest BCUT2D eigenvalue weighted by Gasteiger charge is 2.34. The summed E-state index contributed by atoms with van der Waals surface area (Å²) in [4.78, 5) is 10.5. The van der Waals surface area contributed by atoms with Gasteiger partial charge in [-0.1, -0.05) is 6.07 Å². The molecule has 0 saturated carbocycles. The zero-order valence-electron chi connectivity index (χ0n) is 10.2. The molecule has 1 aromatic carbocycles. The molecule has 0 saturated heterocycles. The number of alkyl halides is 3. The van der Waals surface area contributed by atoms with Gasteiger partial charge in [-0.2, -0.15) is 13.2 Å². The Labute approximate surface area is 107 Å². The zero-order valence-corrected chi connectivity index (χ0v) is 10.2. The van der Waals surface area contributed by atoms with Gasteiger partial charge in [0, 0.05) is 24.4 Å². The predicted octanol–water partition coefficient (Wildman–Crippen LogP) is 3.21. The van der Waals surface area contributed by atoms with Crippen LogP contribution in [0.25, 0.3) is 10.9 Å². The molecule has 19 heavy (non-hydrogen) atoms. The average molecular weight is 271 g/mol. The summed E-state index contributed by atoms with van der Waals surface area (Å²) in [6.07, 6.45) is -4.12. The number of carbonyl (C=O) groups is 1. The number of carboxylic acid groups (broad SMARTS) is 1. The van der Waals surface area contributed by atoms with E-state index in [-0.39, 0.29) is 6.42 Å². The lowest BCUT2D eigenvalue weighted by Crippen LogP contribution is -2.10. The highest BCUT2D eigenvalue weighted by molar-refractivity contribution is 5.82. The number of nitrogens with zero attached hydrogens (tertiary/aromatic N) is 1. The van der Waals surface area contributed by atoms with Gasteiger partial charge in [0.1, 0.15) is 5.69 Å². The molecule has 1 N–H and O–H groups in total. The van der Waals surface area contributed by atoms with E-state index < -0.39 is 17.8 Å². The molecule has 6 heteroatoms. The molecule has 0 bridgehead atoms. The van der Waals surface area contributed by atoms with E-state index in [0.29, 0.717) is 22.9 Å². The number of aryl methyl sites for hydroxylation is 2. The van der Waals surface area contributed by atoms with Crippen molar-refractivity contribution in [1.29, 1.82) is 0 Å². The lowest BCUT2D eigenvalue weighted by atomic mass is 10.1. The number of aliphatic carboxylic acids is 1. The highest BCUT2D eigenvalue weighted by Crippen LogP contribution is 2.33. The molecule has 0 unspecified atom stereocenters. The third-order valence-electron chi connectivity index (χ3n) is 3.02. The third-order valence-corrected chi connectivity index (χ3v) is 3.02. The van der Waals surface area contributed by atoms with E-state index in [4.69, 9.17) is 5.11 Å². The van der Waals surface area contributed by atoms with E-state index in [1.54, 1.807) is 18.2 Å². The van der Waals surface area contributed by atoms with Crippen molar-refractivity contribution < 1.29 is 23.1 Å². The number of hydrogen-bond donors (Lipinski definition) is 1. The average Bonchev–Trinajstić information content (AvgIpc) is 2.63. The van der Waals surface area contributed by atoms with E-state index in [1.165, 1.54) is 7.05 Å². The Morgan fingerprint density at radius 2 is 2.00 bits per heavy atom. The van der Waals surface area contributed by atoms with Gasteiger partial charge in [0.2, 0.25) is 0 Å². The number of rotatable bonds is 3. The summed E-state index contributed by atoms with van der Waals surface area (Å²) < 4.78 is 39.3. The van der Waals surface area contributed by atoms with Crippen LogP contribution < -0.4 is 0 Å². The summed E-state index contributed by atoms with van der Waals surface area (Å²) in [6, 6.07) is 5.93. The molecule has 0 aliphatic carbocycles. The smallest absolute Gasteiger partial charge is 0.431 e. The molecule has 2 rings (SSSR count). The van der Waals surface area contributed by atoms with Gasteiger partial charge in [0.25, 0.3) is 0 Å². The Hall–Kier alpha value is -1.98. The SMILES string of the molecule is Cn1c(C(F)(F)F)cc2cc(CCC(=O)O)ccc21. The van der Waals surface area contributed by atoms with Gasteiger partial charge in [0.05, 0.1) is 0 Å². The molecule has 102 valence electrons. The van der Waals surface area contributed by atoms with Crippen molar-refractivity contribution in [3.63, 3.8) is 0 Å². The maximum Gasteiger partial charge on any atom is 0.431 e. The predicted molar refractivity (Wildman–Crippen MR) is 63.9 cm³/mol. The molecule has 0 aliphatic rings. The van der Waals surface area contributed by atoms with Crippen molar-refractivity contribution >= 4 is 16.9 Å². The number of carboxylic acids is 1.